The van der Waals surface area contributed by atoms with Crippen molar-refractivity contribution in [3.05, 3.63) is 44.3 Å². The molecule has 17 heavy (non-hydrogen) atoms. The van der Waals surface area contributed by atoms with Crippen molar-refractivity contribution in [2.24, 2.45) is 0 Å². The van der Waals surface area contributed by atoms with E-state index in [1.54, 1.807) is 0 Å². The van der Waals surface area contributed by atoms with E-state index in [0.29, 0.717) is 0 Å². The van der Waals surface area contributed by atoms with Gasteiger partial charge in [-0.2, -0.15) is 0 Å². The van der Waals surface area contributed by atoms with Gasteiger partial charge in [-0.15, -0.1) is 0 Å². The number of aryl methyl sites for hydroxylation is 2. The number of halogens is 2. The third kappa shape index (κ3) is 1.72. The Balaban J connectivity index is 2.60. The molecule has 0 fully saturated rings. The average molecular weight is 354 g/mol. The lowest BCUT2D eigenvalue weighted by Gasteiger charge is -1.96. The molecule has 3 aromatic rings. The van der Waals surface area contributed by atoms with Crippen molar-refractivity contribution in [2.75, 3.05) is 0 Å². The minimum absolute atomic E-state index is 0.976. The number of fused-ring (bicyclic) bond motifs is 3. The molecule has 0 saturated heterocycles. The van der Waals surface area contributed by atoms with Gasteiger partial charge in [0.1, 0.15) is 11.2 Å². The molecule has 0 radical (unpaired) electrons. The highest BCUT2D eigenvalue weighted by atomic mass is 79.9. The first-order valence-corrected chi connectivity index (χ1v) is 6.93. The molecule has 0 aliphatic heterocycles. The van der Waals surface area contributed by atoms with Crippen molar-refractivity contribution in [3.63, 3.8) is 0 Å². The first-order chi connectivity index (χ1) is 8.06. The molecule has 0 spiro atoms. The summed E-state index contributed by atoms with van der Waals surface area (Å²) in [5, 5.41) is 2.33. The van der Waals surface area contributed by atoms with Gasteiger partial charge < -0.3 is 4.42 Å². The SMILES string of the molecule is Cc1cc(Br)cc2c1oc1c(C)cc(Br)cc12. The second-order valence-corrected chi connectivity index (χ2v) is 6.13. The van der Waals surface area contributed by atoms with E-state index in [-0.39, 0.29) is 0 Å². The van der Waals surface area contributed by atoms with Crippen LogP contribution in [0.4, 0.5) is 0 Å². The van der Waals surface area contributed by atoms with E-state index in [4.69, 9.17) is 4.42 Å². The molecular formula is C14H10Br2O. The summed E-state index contributed by atoms with van der Waals surface area (Å²) >= 11 is 7.07. The standard InChI is InChI=1S/C14H10Br2O/c1-7-3-9(15)5-11-12-6-10(16)4-8(2)14(12)17-13(7)11/h3-6H,1-2H3. The van der Waals surface area contributed by atoms with E-state index in [2.05, 4.69) is 70.0 Å². The van der Waals surface area contributed by atoms with Crippen molar-refractivity contribution in [1.82, 2.24) is 0 Å². The molecule has 0 unspecified atom stereocenters. The maximum Gasteiger partial charge on any atom is 0.138 e. The Morgan fingerprint density at radius 1 is 0.765 bits per heavy atom. The second-order valence-electron chi connectivity index (χ2n) is 4.30. The van der Waals surface area contributed by atoms with E-state index >= 15 is 0 Å². The third-order valence-corrected chi connectivity index (χ3v) is 3.89. The molecule has 1 heterocycles. The summed E-state index contributed by atoms with van der Waals surface area (Å²) in [5.74, 6) is 0. The third-order valence-electron chi connectivity index (χ3n) is 2.97. The Labute approximate surface area is 116 Å². The smallest absolute Gasteiger partial charge is 0.138 e. The Bertz CT molecular complexity index is 679. The summed E-state index contributed by atoms with van der Waals surface area (Å²) < 4.78 is 8.15. The zero-order chi connectivity index (χ0) is 12.2. The molecule has 0 saturated carbocycles. The van der Waals surface area contributed by atoms with Crippen LogP contribution in [0.3, 0.4) is 0 Å². The average Bonchev–Trinajstić information content (AvgIpc) is 2.58. The highest BCUT2D eigenvalue weighted by molar-refractivity contribution is 9.10. The van der Waals surface area contributed by atoms with Crippen LogP contribution in [0.1, 0.15) is 11.1 Å². The van der Waals surface area contributed by atoms with E-state index < -0.39 is 0 Å². The number of furan rings is 1. The van der Waals surface area contributed by atoms with E-state index in [1.807, 2.05) is 0 Å². The van der Waals surface area contributed by atoms with Crippen LogP contribution in [0.15, 0.2) is 37.6 Å². The fraction of sp³-hybridized carbons (Fsp3) is 0.143. The fourth-order valence-corrected chi connectivity index (χ4v) is 3.38. The lowest BCUT2D eigenvalue weighted by molar-refractivity contribution is 0.662. The molecule has 1 nitrogen and oxygen atoms in total. The predicted octanol–water partition coefficient (Wildman–Crippen LogP) is 5.73. The minimum Gasteiger partial charge on any atom is -0.456 e. The summed E-state index contributed by atoms with van der Waals surface area (Å²) in [6, 6.07) is 8.38. The van der Waals surface area contributed by atoms with Crippen LogP contribution in [0, 0.1) is 13.8 Å². The fourth-order valence-electron chi connectivity index (χ4n) is 2.23. The van der Waals surface area contributed by atoms with Crippen molar-refractivity contribution in [1.29, 1.82) is 0 Å². The molecule has 3 heteroatoms. The van der Waals surface area contributed by atoms with Gasteiger partial charge >= 0.3 is 0 Å². The van der Waals surface area contributed by atoms with Gasteiger partial charge in [-0.25, -0.2) is 0 Å². The molecule has 0 bridgehead atoms. The number of hydrogen-bond acceptors (Lipinski definition) is 1. The van der Waals surface area contributed by atoms with Crippen molar-refractivity contribution in [2.45, 2.75) is 13.8 Å². The van der Waals surface area contributed by atoms with Crippen LogP contribution in [-0.2, 0) is 0 Å². The molecule has 0 N–H and O–H groups in total. The van der Waals surface area contributed by atoms with Gasteiger partial charge in [-0.05, 0) is 49.2 Å². The van der Waals surface area contributed by atoms with Gasteiger partial charge in [0.25, 0.3) is 0 Å². The normalized spacial score (nSPS) is 11.5. The van der Waals surface area contributed by atoms with Gasteiger partial charge in [0.05, 0.1) is 0 Å². The number of rotatable bonds is 0. The highest BCUT2D eigenvalue weighted by Gasteiger charge is 2.12. The minimum atomic E-state index is 0.976. The van der Waals surface area contributed by atoms with Crippen molar-refractivity contribution in [3.8, 4) is 0 Å². The van der Waals surface area contributed by atoms with Crippen LogP contribution in [-0.4, -0.2) is 0 Å². The van der Waals surface area contributed by atoms with Crippen LogP contribution in [0.5, 0.6) is 0 Å². The van der Waals surface area contributed by atoms with E-state index in [1.165, 1.54) is 0 Å². The molecule has 86 valence electrons. The molecular weight excluding hydrogens is 344 g/mol. The molecule has 3 rings (SSSR count). The summed E-state index contributed by atoms with van der Waals surface area (Å²) in [5.41, 5.74) is 4.26. The zero-order valence-corrected chi connectivity index (χ0v) is 12.6. The highest BCUT2D eigenvalue weighted by Crippen LogP contribution is 2.36. The van der Waals surface area contributed by atoms with E-state index in [9.17, 15) is 0 Å². The van der Waals surface area contributed by atoms with Gasteiger partial charge in [-0.3, -0.25) is 0 Å². The molecule has 0 atom stereocenters. The Morgan fingerprint density at radius 2 is 1.18 bits per heavy atom. The Kier molecular flexibility index (Phi) is 2.56. The first kappa shape index (κ1) is 11.3. The number of hydrogen-bond donors (Lipinski definition) is 0. The van der Waals surface area contributed by atoms with Crippen LogP contribution < -0.4 is 0 Å². The van der Waals surface area contributed by atoms with Crippen LogP contribution >= 0.6 is 31.9 Å². The van der Waals surface area contributed by atoms with Gasteiger partial charge in [0.15, 0.2) is 0 Å². The summed E-state index contributed by atoms with van der Waals surface area (Å²) in [7, 11) is 0. The summed E-state index contributed by atoms with van der Waals surface area (Å²) in [6.07, 6.45) is 0. The molecule has 1 aromatic heterocycles. The largest absolute Gasteiger partial charge is 0.456 e. The maximum atomic E-state index is 5.98. The Morgan fingerprint density at radius 3 is 1.59 bits per heavy atom. The lowest BCUT2D eigenvalue weighted by atomic mass is 10.1. The maximum absolute atomic E-state index is 5.98. The van der Waals surface area contributed by atoms with Gasteiger partial charge in [0.2, 0.25) is 0 Å². The monoisotopic (exact) mass is 352 g/mol. The van der Waals surface area contributed by atoms with Crippen LogP contribution in [0.2, 0.25) is 0 Å². The molecule has 0 aliphatic carbocycles. The van der Waals surface area contributed by atoms with E-state index in [0.717, 1.165) is 42.0 Å². The second kappa shape index (κ2) is 3.85. The molecule has 2 aromatic carbocycles. The van der Waals surface area contributed by atoms with Crippen LogP contribution in [0.25, 0.3) is 21.9 Å². The number of benzene rings is 2. The van der Waals surface area contributed by atoms with Gasteiger partial charge in [0, 0.05) is 19.7 Å². The Hall–Kier alpha value is -0.800. The summed E-state index contributed by atoms with van der Waals surface area (Å²) in [4.78, 5) is 0. The molecule has 0 aliphatic rings. The summed E-state index contributed by atoms with van der Waals surface area (Å²) in [6.45, 7) is 4.14. The van der Waals surface area contributed by atoms with Crippen molar-refractivity contribution >= 4 is 53.8 Å². The quantitative estimate of drug-likeness (QED) is 0.503. The predicted molar refractivity (Wildman–Crippen MR) is 78.6 cm³/mol. The zero-order valence-electron chi connectivity index (χ0n) is 9.47. The van der Waals surface area contributed by atoms with Crippen molar-refractivity contribution < 1.29 is 4.42 Å². The lowest BCUT2D eigenvalue weighted by Crippen LogP contribution is -1.75. The van der Waals surface area contributed by atoms with Gasteiger partial charge in [-0.1, -0.05) is 31.9 Å². The molecule has 0 amide bonds. The topological polar surface area (TPSA) is 13.1 Å². The first-order valence-electron chi connectivity index (χ1n) is 5.35.